The predicted octanol–water partition coefficient (Wildman–Crippen LogP) is -2.83. The van der Waals surface area contributed by atoms with E-state index in [0.717, 1.165) is 4.68 Å². The molecule has 1 aromatic heterocycles. The molecule has 94 valence electrons. The van der Waals surface area contributed by atoms with Gasteiger partial charge in [-0.25, -0.2) is 9.67 Å². The van der Waals surface area contributed by atoms with Gasteiger partial charge in [-0.2, -0.15) is 0 Å². The number of rotatable bonds is 3. The van der Waals surface area contributed by atoms with Crippen molar-refractivity contribution in [3.8, 4) is 0 Å². The standard InChI is InChI=1S/C8H13N5O4/c9-6(10)7-11-2-13(12-7)8-5(16)4(15)3(1-14)17-8/h2-5,8,14-16H,1H2,(H3,9,10)/t3-,4+,5?,8-/m1/s1. The molecule has 1 aliphatic rings. The quantitative estimate of drug-likeness (QED) is 0.283. The van der Waals surface area contributed by atoms with Crippen molar-refractivity contribution in [2.24, 2.45) is 5.73 Å². The average Bonchev–Trinajstić information content (AvgIpc) is 2.87. The van der Waals surface area contributed by atoms with Crippen LogP contribution in [-0.2, 0) is 4.74 Å². The van der Waals surface area contributed by atoms with E-state index in [4.69, 9.17) is 21.0 Å². The van der Waals surface area contributed by atoms with Gasteiger partial charge in [-0.3, -0.25) is 5.41 Å². The molecule has 1 aliphatic heterocycles. The largest absolute Gasteiger partial charge is 0.394 e. The zero-order chi connectivity index (χ0) is 12.6. The van der Waals surface area contributed by atoms with E-state index in [1.165, 1.54) is 6.33 Å². The van der Waals surface area contributed by atoms with Gasteiger partial charge in [0.25, 0.3) is 0 Å². The molecule has 0 aromatic carbocycles. The van der Waals surface area contributed by atoms with E-state index in [0.29, 0.717) is 0 Å². The number of aliphatic hydroxyl groups excluding tert-OH is 3. The van der Waals surface area contributed by atoms with Gasteiger partial charge in [0.2, 0.25) is 5.82 Å². The summed E-state index contributed by atoms with van der Waals surface area (Å²) in [6, 6.07) is 0. The third-order valence-electron chi connectivity index (χ3n) is 2.53. The van der Waals surface area contributed by atoms with Crippen LogP contribution in [-0.4, -0.2) is 60.8 Å². The first kappa shape index (κ1) is 11.9. The number of aliphatic hydroxyl groups is 3. The first-order valence-electron chi connectivity index (χ1n) is 4.92. The highest BCUT2D eigenvalue weighted by atomic mass is 16.6. The lowest BCUT2D eigenvalue weighted by molar-refractivity contribution is -0.0588. The van der Waals surface area contributed by atoms with Crippen molar-refractivity contribution in [3.05, 3.63) is 12.2 Å². The Morgan fingerprint density at radius 1 is 1.53 bits per heavy atom. The smallest absolute Gasteiger partial charge is 0.215 e. The van der Waals surface area contributed by atoms with E-state index in [-0.39, 0.29) is 11.7 Å². The molecule has 0 saturated carbocycles. The number of aromatic nitrogens is 3. The summed E-state index contributed by atoms with van der Waals surface area (Å²) in [5.74, 6) is -0.307. The fraction of sp³-hybridized carbons (Fsp3) is 0.625. The fourth-order valence-electron chi connectivity index (χ4n) is 1.62. The first-order valence-corrected chi connectivity index (χ1v) is 4.92. The Balaban J connectivity index is 2.19. The van der Waals surface area contributed by atoms with Gasteiger partial charge >= 0.3 is 0 Å². The number of amidine groups is 1. The summed E-state index contributed by atoms with van der Waals surface area (Å²) in [6.07, 6.45) is -3.02. The number of nitrogens with one attached hydrogen (secondary N) is 1. The lowest BCUT2D eigenvalue weighted by atomic mass is 10.1. The highest BCUT2D eigenvalue weighted by Crippen LogP contribution is 2.28. The molecule has 1 aromatic rings. The van der Waals surface area contributed by atoms with Crippen molar-refractivity contribution < 1.29 is 20.1 Å². The molecule has 4 atom stereocenters. The third kappa shape index (κ3) is 2.00. The SMILES string of the molecule is N=C(N)c1ncn([C@@H]2O[C@H](CO)[C@H](O)C2O)n1. The Hall–Kier alpha value is -1.55. The van der Waals surface area contributed by atoms with E-state index in [1.54, 1.807) is 0 Å². The molecule has 1 unspecified atom stereocenters. The van der Waals surface area contributed by atoms with Crippen LogP contribution in [0.3, 0.4) is 0 Å². The maximum Gasteiger partial charge on any atom is 0.215 e. The predicted molar refractivity (Wildman–Crippen MR) is 54.0 cm³/mol. The van der Waals surface area contributed by atoms with E-state index in [9.17, 15) is 10.2 Å². The number of nitrogens with zero attached hydrogens (tertiary/aromatic N) is 3. The normalized spacial score (nSPS) is 32.9. The molecule has 0 spiro atoms. The van der Waals surface area contributed by atoms with Crippen molar-refractivity contribution in [1.82, 2.24) is 14.8 Å². The summed E-state index contributed by atoms with van der Waals surface area (Å²) in [4.78, 5) is 3.74. The zero-order valence-corrected chi connectivity index (χ0v) is 8.76. The van der Waals surface area contributed by atoms with Crippen molar-refractivity contribution >= 4 is 5.84 Å². The molecule has 6 N–H and O–H groups in total. The number of nitrogens with two attached hydrogens (primary N) is 1. The van der Waals surface area contributed by atoms with Crippen molar-refractivity contribution in [2.45, 2.75) is 24.5 Å². The Morgan fingerprint density at radius 3 is 2.71 bits per heavy atom. The first-order chi connectivity index (χ1) is 8.04. The third-order valence-corrected chi connectivity index (χ3v) is 2.53. The Labute approximate surface area is 96.0 Å². The van der Waals surface area contributed by atoms with E-state index in [1.807, 2.05) is 0 Å². The van der Waals surface area contributed by atoms with Crippen LogP contribution in [0.25, 0.3) is 0 Å². The van der Waals surface area contributed by atoms with Gasteiger partial charge in [0.1, 0.15) is 24.6 Å². The van der Waals surface area contributed by atoms with E-state index >= 15 is 0 Å². The summed E-state index contributed by atoms with van der Waals surface area (Å²) in [5, 5.41) is 39.1. The minimum absolute atomic E-state index is 0.00254. The molecule has 17 heavy (non-hydrogen) atoms. The number of hydrogen-bond donors (Lipinski definition) is 5. The van der Waals surface area contributed by atoms with Gasteiger partial charge in [0.05, 0.1) is 6.61 Å². The highest BCUT2D eigenvalue weighted by Gasteiger charge is 2.43. The van der Waals surface area contributed by atoms with Crippen molar-refractivity contribution in [2.75, 3.05) is 6.61 Å². The number of hydrogen-bond acceptors (Lipinski definition) is 7. The molecule has 1 saturated heterocycles. The summed E-state index contributed by atoms with van der Waals surface area (Å²) in [5.41, 5.74) is 5.19. The molecule has 0 bridgehead atoms. The maximum atomic E-state index is 9.70. The van der Waals surface area contributed by atoms with Gasteiger partial charge in [0, 0.05) is 0 Å². The Morgan fingerprint density at radius 2 is 2.24 bits per heavy atom. The van der Waals surface area contributed by atoms with Crippen molar-refractivity contribution in [1.29, 1.82) is 5.41 Å². The van der Waals surface area contributed by atoms with Gasteiger partial charge in [0.15, 0.2) is 12.1 Å². The number of ether oxygens (including phenoxy) is 1. The second-order valence-corrected chi connectivity index (χ2v) is 3.69. The van der Waals surface area contributed by atoms with Crippen LogP contribution in [0.2, 0.25) is 0 Å². The van der Waals surface area contributed by atoms with Gasteiger partial charge in [-0.05, 0) is 0 Å². The maximum absolute atomic E-state index is 9.70. The lowest BCUT2D eigenvalue weighted by Gasteiger charge is -2.13. The Kier molecular flexibility index (Phi) is 3.07. The minimum Gasteiger partial charge on any atom is -0.394 e. The summed E-state index contributed by atoms with van der Waals surface area (Å²) in [7, 11) is 0. The fourth-order valence-corrected chi connectivity index (χ4v) is 1.62. The minimum atomic E-state index is -1.23. The van der Waals surface area contributed by atoms with Crippen LogP contribution >= 0.6 is 0 Å². The summed E-state index contributed by atoms with van der Waals surface area (Å²) < 4.78 is 6.37. The van der Waals surface area contributed by atoms with Gasteiger partial charge in [-0.1, -0.05) is 0 Å². The van der Waals surface area contributed by atoms with Crippen LogP contribution in [0, 0.1) is 5.41 Å². The van der Waals surface area contributed by atoms with Crippen LogP contribution in [0.1, 0.15) is 12.1 Å². The van der Waals surface area contributed by atoms with Gasteiger partial charge < -0.3 is 25.8 Å². The lowest BCUT2D eigenvalue weighted by Crippen LogP contribution is -2.33. The second kappa shape index (κ2) is 4.37. The van der Waals surface area contributed by atoms with Crippen molar-refractivity contribution in [3.63, 3.8) is 0 Å². The molecule has 9 nitrogen and oxygen atoms in total. The average molecular weight is 243 g/mol. The second-order valence-electron chi connectivity index (χ2n) is 3.69. The van der Waals surface area contributed by atoms with Gasteiger partial charge in [-0.15, -0.1) is 5.10 Å². The van der Waals surface area contributed by atoms with E-state index < -0.39 is 31.1 Å². The molecule has 0 aliphatic carbocycles. The molecular weight excluding hydrogens is 230 g/mol. The molecule has 0 radical (unpaired) electrons. The molecule has 1 fully saturated rings. The van der Waals surface area contributed by atoms with Crippen LogP contribution in [0.15, 0.2) is 6.33 Å². The molecule has 9 heteroatoms. The molecule has 0 amide bonds. The molecular formula is C8H13N5O4. The monoisotopic (exact) mass is 243 g/mol. The highest BCUT2D eigenvalue weighted by molar-refractivity contribution is 5.90. The summed E-state index contributed by atoms with van der Waals surface area (Å²) >= 11 is 0. The zero-order valence-electron chi connectivity index (χ0n) is 8.76. The van der Waals surface area contributed by atoms with Crippen LogP contribution < -0.4 is 5.73 Å². The topological polar surface area (TPSA) is 150 Å². The summed E-state index contributed by atoms with van der Waals surface area (Å²) in [6.45, 7) is -0.414. The van der Waals surface area contributed by atoms with Crippen LogP contribution in [0.4, 0.5) is 0 Å². The van der Waals surface area contributed by atoms with E-state index in [2.05, 4.69) is 10.1 Å². The van der Waals surface area contributed by atoms with Crippen LogP contribution in [0.5, 0.6) is 0 Å². The Bertz CT molecular complexity index is 422. The molecule has 2 heterocycles. The number of nitrogen functional groups attached to an aromatic ring is 1. The molecule has 2 rings (SSSR count).